The van der Waals surface area contributed by atoms with Crippen LogP contribution >= 0.6 is 0 Å². The van der Waals surface area contributed by atoms with Crippen molar-refractivity contribution in [3.8, 4) is 22.6 Å². The Kier molecular flexibility index (Phi) is 4.84. The van der Waals surface area contributed by atoms with Crippen LogP contribution in [0.2, 0.25) is 0 Å². The second-order valence-electron chi connectivity index (χ2n) is 7.52. The van der Waals surface area contributed by atoms with Gasteiger partial charge in [-0.1, -0.05) is 66.7 Å². The summed E-state index contributed by atoms with van der Waals surface area (Å²) in [5, 5.41) is 8.09. The molecule has 0 amide bonds. The molecule has 0 saturated heterocycles. The summed E-state index contributed by atoms with van der Waals surface area (Å²) in [6.45, 7) is 1.94. The summed E-state index contributed by atoms with van der Waals surface area (Å²) in [5.74, 6) is 0. The van der Waals surface area contributed by atoms with Gasteiger partial charge in [-0.25, -0.2) is 9.36 Å². The van der Waals surface area contributed by atoms with Crippen molar-refractivity contribution in [3.63, 3.8) is 0 Å². The molecular formula is C26H22N4O. The monoisotopic (exact) mass is 406 g/mol. The molecule has 5 heteroatoms. The summed E-state index contributed by atoms with van der Waals surface area (Å²) in [6.07, 6.45) is 2.52. The molecule has 152 valence electrons. The standard InChI is InChI=1S/C26H22N4O/c1-19-24(26(31)30(27-19)23-15-9-4-10-16-23)17-21-18-29(22-13-7-3-8-14-22)28-25(21)20-11-5-2-6-12-20/h2-16,18,27H,17H2,1H3. The largest absolute Gasteiger partial charge is 0.295 e. The Morgan fingerprint density at radius 3 is 2.03 bits per heavy atom. The highest BCUT2D eigenvalue weighted by Crippen LogP contribution is 2.26. The number of aryl methyl sites for hydroxylation is 1. The summed E-state index contributed by atoms with van der Waals surface area (Å²) < 4.78 is 3.49. The summed E-state index contributed by atoms with van der Waals surface area (Å²) in [7, 11) is 0. The lowest BCUT2D eigenvalue weighted by Gasteiger charge is -2.01. The predicted molar refractivity (Wildman–Crippen MR) is 123 cm³/mol. The van der Waals surface area contributed by atoms with Crippen LogP contribution in [-0.4, -0.2) is 19.6 Å². The average Bonchev–Trinajstić information content (AvgIpc) is 3.37. The molecule has 3 aromatic carbocycles. The Morgan fingerprint density at radius 2 is 1.39 bits per heavy atom. The first-order chi connectivity index (χ1) is 15.2. The normalized spacial score (nSPS) is 11.0. The number of rotatable bonds is 5. The van der Waals surface area contributed by atoms with Crippen LogP contribution in [0.25, 0.3) is 22.6 Å². The molecule has 0 unspecified atom stereocenters. The number of hydrogen-bond donors (Lipinski definition) is 1. The molecule has 31 heavy (non-hydrogen) atoms. The molecule has 0 radical (unpaired) electrons. The summed E-state index contributed by atoms with van der Waals surface area (Å²) >= 11 is 0. The number of aromatic nitrogens is 4. The van der Waals surface area contributed by atoms with E-state index in [1.54, 1.807) is 4.68 Å². The molecule has 0 bridgehead atoms. The molecule has 0 aliphatic carbocycles. The minimum absolute atomic E-state index is 0.0322. The maximum atomic E-state index is 13.2. The molecular weight excluding hydrogens is 384 g/mol. The van der Waals surface area contributed by atoms with Gasteiger partial charge in [-0.2, -0.15) is 5.10 Å². The van der Waals surface area contributed by atoms with Gasteiger partial charge >= 0.3 is 0 Å². The van der Waals surface area contributed by atoms with Crippen LogP contribution in [0.1, 0.15) is 16.8 Å². The van der Waals surface area contributed by atoms with E-state index in [4.69, 9.17) is 5.10 Å². The number of H-pyrrole nitrogens is 1. The van der Waals surface area contributed by atoms with Crippen molar-refractivity contribution in [1.82, 2.24) is 19.6 Å². The maximum absolute atomic E-state index is 13.2. The first-order valence-electron chi connectivity index (χ1n) is 10.3. The van der Waals surface area contributed by atoms with Crippen molar-refractivity contribution < 1.29 is 0 Å². The minimum atomic E-state index is -0.0322. The SMILES string of the molecule is Cc1[nH]n(-c2ccccc2)c(=O)c1Cc1cn(-c2ccccc2)nc1-c1ccccc1. The lowest BCUT2D eigenvalue weighted by atomic mass is 10.0. The zero-order valence-electron chi connectivity index (χ0n) is 17.2. The van der Waals surface area contributed by atoms with E-state index < -0.39 is 0 Å². The molecule has 1 N–H and O–H groups in total. The molecule has 0 aliphatic rings. The van der Waals surface area contributed by atoms with Gasteiger partial charge in [0.05, 0.1) is 17.1 Å². The van der Waals surface area contributed by atoms with Gasteiger partial charge in [0.2, 0.25) is 0 Å². The molecule has 5 nitrogen and oxygen atoms in total. The smallest absolute Gasteiger partial charge is 0.274 e. The second kappa shape index (κ2) is 7.95. The van der Waals surface area contributed by atoms with Crippen molar-refractivity contribution in [1.29, 1.82) is 0 Å². The zero-order valence-corrected chi connectivity index (χ0v) is 17.2. The Morgan fingerprint density at radius 1 is 0.806 bits per heavy atom. The number of aromatic amines is 1. The van der Waals surface area contributed by atoms with E-state index >= 15 is 0 Å². The fourth-order valence-electron chi connectivity index (χ4n) is 3.83. The fraction of sp³-hybridized carbons (Fsp3) is 0.0769. The fourth-order valence-corrected chi connectivity index (χ4v) is 3.83. The Hall–Kier alpha value is -4.12. The van der Waals surface area contributed by atoms with Crippen LogP contribution in [-0.2, 0) is 6.42 Å². The van der Waals surface area contributed by atoms with Crippen molar-refractivity contribution in [2.24, 2.45) is 0 Å². The van der Waals surface area contributed by atoms with Gasteiger partial charge in [-0.15, -0.1) is 0 Å². The molecule has 0 atom stereocenters. The van der Waals surface area contributed by atoms with E-state index in [0.29, 0.717) is 6.42 Å². The zero-order chi connectivity index (χ0) is 21.2. The van der Waals surface area contributed by atoms with Crippen LogP contribution in [0.5, 0.6) is 0 Å². The number of para-hydroxylation sites is 2. The first kappa shape index (κ1) is 18.9. The molecule has 5 rings (SSSR count). The van der Waals surface area contributed by atoms with Crippen molar-refractivity contribution in [2.75, 3.05) is 0 Å². The van der Waals surface area contributed by atoms with Gasteiger partial charge in [0, 0.05) is 35.0 Å². The highest BCUT2D eigenvalue weighted by Gasteiger charge is 2.18. The lowest BCUT2D eigenvalue weighted by molar-refractivity contribution is 0.834. The third kappa shape index (κ3) is 3.62. The van der Waals surface area contributed by atoms with Crippen molar-refractivity contribution in [2.45, 2.75) is 13.3 Å². The quantitative estimate of drug-likeness (QED) is 0.451. The summed E-state index contributed by atoms with van der Waals surface area (Å²) in [6, 6.07) is 29.8. The Balaban J connectivity index is 1.60. The molecule has 5 aromatic rings. The molecule has 0 aliphatic heterocycles. The number of nitrogens with zero attached hydrogens (tertiary/aromatic N) is 3. The van der Waals surface area contributed by atoms with E-state index in [-0.39, 0.29) is 5.56 Å². The van der Waals surface area contributed by atoms with Crippen LogP contribution in [0.3, 0.4) is 0 Å². The Labute approximate surface area is 180 Å². The first-order valence-corrected chi connectivity index (χ1v) is 10.3. The van der Waals surface area contributed by atoms with Gasteiger partial charge in [0.15, 0.2) is 0 Å². The molecule has 2 heterocycles. The third-order valence-corrected chi connectivity index (χ3v) is 5.43. The van der Waals surface area contributed by atoms with Crippen LogP contribution < -0.4 is 5.56 Å². The van der Waals surface area contributed by atoms with Crippen LogP contribution in [0.15, 0.2) is 102 Å². The highest BCUT2D eigenvalue weighted by molar-refractivity contribution is 5.64. The van der Waals surface area contributed by atoms with Gasteiger partial charge in [0.1, 0.15) is 0 Å². The lowest BCUT2D eigenvalue weighted by Crippen LogP contribution is -2.17. The van der Waals surface area contributed by atoms with Crippen molar-refractivity contribution in [3.05, 3.63) is 124 Å². The third-order valence-electron chi connectivity index (χ3n) is 5.43. The summed E-state index contributed by atoms with van der Waals surface area (Å²) in [4.78, 5) is 13.2. The Bertz CT molecular complexity index is 1360. The number of nitrogens with one attached hydrogen (secondary N) is 1. The average molecular weight is 406 g/mol. The number of hydrogen-bond acceptors (Lipinski definition) is 2. The van der Waals surface area contributed by atoms with Crippen molar-refractivity contribution >= 4 is 0 Å². The highest BCUT2D eigenvalue weighted by atomic mass is 16.1. The van der Waals surface area contributed by atoms with Crippen LogP contribution in [0, 0.1) is 6.92 Å². The molecule has 0 saturated carbocycles. The van der Waals surface area contributed by atoms with Gasteiger partial charge < -0.3 is 0 Å². The number of benzene rings is 3. The topological polar surface area (TPSA) is 55.6 Å². The van der Waals surface area contributed by atoms with E-state index in [2.05, 4.69) is 5.10 Å². The van der Waals surface area contributed by atoms with E-state index in [1.165, 1.54) is 0 Å². The van der Waals surface area contributed by atoms with E-state index in [9.17, 15) is 4.79 Å². The van der Waals surface area contributed by atoms with Gasteiger partial charge in [-0.3, -0.25) is 9.89 Å². The van der Waals surface area contributed by atoms with Crippen LogP contribution in [0.4, 0.5) is 0 Å². The van der Waals surface area contributed by atoms with E-state index in [1.807, 2.05) is 109 Å². The van der Waals surface area contributed by atoms with E-state index in [0.717, 1.165) is 39.5 Å². The van der Waals surface area contributed by atoms with Gasteiger partial charge in [0.25, 0.3) is 5.56 Å². The second-order valence-corrected chi connectivity index (χ2v) is 7.52. The molecule has 0 spiro atoms. The summed E-state index contributed by atoms with van der Waals surface area (Å²) in [5.41, 5.74) is 6.31. The minimum Gasteiger partial charge on any atom is -0.295 e. The van der Waals surface area contributed by atoms with Gasteiger partial charge in [-0.05, 0) is 31.2 Å². The molecule has 0 fully saturated rings. The predicted octanol–water partition coefficient (Wildman–Crippen LogP) is 4.92. The maximum Gasteiger partial charge on any atom is 0.274 e. The molecule has 2 aromatic heterocycles.